The number of benzene rings is 2. The number of carbonyl (C=O) groups excluding carboxylic acids is 1. The van der Waals surface area contributed by atoms with Crippen LogP contribution in [0.5, 0.6) is 0 Å². The van der Waals surface area contributed by atoms with Crippen molar-refractivity contribution in [1.29, 1.82) is 0 Å². The van der Waals surface area contributed by atoms with Gasteiger partial charge in [-0.1, -0.05) is 12.1 Å². The van der Waals surface area contributed by atoms with Crippen molar-refractivity contribution >= 4 is 11.6 Å². The van der Waals surface area contributed by atoms with Gasteiger partial charge in [0, 0.05) is 48.3 Å². The smallest absolute Gasteiger partial charge is 0.253 e. The van der Waals surface area contributed by atoms with Gasteiger partial charge in [0.05, 0.1) is 0 Å². The normalized spacial score (nSPS) is 16.9. The molecule has 0 bridgehead atoms. The topological polar surface area (TPSA) is 61.0 Å². The number of carbonyl (C=O) groups is 1. The third-order valence-electron chi connectivity index (χ3n) is 4.80. The number of aromatic amines is 1. The minimum Gasteiger partial charge on any atom is -0.381 e. The van der Waals surface area contributed by atoms with Gasteiger partial charge in [0.1, 0.15) is 11.6 Å². The van der Waals surface area contributed by atoms with E-state index >= 15 is 0 Å². The largest absolute Gasteiger partial charge is 0.381 e. The van der Waals surface area contributed by atoms with E-state index < -0.39 is 0 Å². The van der Waals surface area contributed by atoms with Gasteiger partial charge in [-0.25, -0.2) is 9.37 Å². The molecular weight excluding hydrogens is 343 g/mol. The van der Waals surface area contributed by atoms with Crippen molar-refractivity contribution in [2.45, 2.75) is 18.9 Å². The number of hydrogen-bond donors (Lipinski definition) is 2. The third-order valence-corrected chi connectivity index (χ3v) is 4.80. The molecule has 0 radical (unpaired) electrons. The lowest BCUT2D eigenvalue weighted by atomic mass is 10.0. The number of hydrogen-bond acceptors (Lipinski definition) is 3. The van der Waals surface area contributed by atoms with Gasteiger partial charge in [0.25, 0.3) is 5.91 Å². The lowest BCUT2D eigenvalue weighted by Crippen LogP contribution is -2.45. The SMILES string of the molecule is O=C(c1cccc(-c2ncc[nH]2)c1)N1CCCC(Nc2ccc(F)cc2)C1. The van der Waals surface area contributed by atoms with Crippen LogP contribution in [0.25, 0.3) is 11.4 Å². The number of nitrogens with zero attached hydrogens (tertiary/aromatic N) is 2. The van der Waals surface area contributed by atoms with E-state index in [9.17, 15) is 9.18 Å². The van der Waals surface area contributed by atoms with Crippen LogP contribution in [0, 0.1) is 5.82 Å². The Balaban J connectivity index is 1.45. The molecule has 0 saturated carbocycles. The number of likely N-dealkylation sites (tertiary alicyclic amines) is 1. The predicted molar refractivity (Wildman–Crippen MR) is 103 cm³/mol. The van der Waals surface area contributed by atoms with Crippen LogP contribution in [0.4, 0.5) is 10.1 Å². The zero-order valence-corrected chi connectivity index (χ0v) is 14.9. The van der Waals surface area contributed by atoms with Gasteiger partial charge >= 0.3 is 0 Å². The van der Waals surface area contributed by atoms with Crippen LogP contribution in [0.1, 0.15) is 23.2 Å². The van der Waals surface area contributed by atoms with E-state index in [0.717, 1.165) is 36.5 Å². The van der Waals surface area contributed by atoms with Gasteiger partial charge in [0.2, 0.25) is 0 Å². The zero-order chi connectivity index (χ0) is 18.6. The number of piperidine rings is 1. The molecular formula is C21H21FN4O. The summed E-state index contributed by atoms with van der Waals surface area (Å²) in [4.78, 5) is 22.2. The molecule has 1 aromatic heterocycles. The van der Waals surface area contributed by atoms with Crippen molar-refractivity contribution in [2.24, 2.45) is 0 Å². The first-order chi connectivity index (χ1) is 13.2. The fraction of sp³-hybridized carbons (Fsp3) is 0.238. The Morgan fingerprint density at radius 3 is 2.85 bits per heavy atom. The summed E-state index contributed by atoms with van der Waals surface area (Å²) in [5.41, 5.74) is 2.42. The number of amides is 1. The Morgan fingerprint density at radius 2 is 2.07 bits per heavy atom. The summed E-state index contributed by atoms with van der Waals surface area (Å²) < 4.78 is 13.1. The molecule has 2 aromatic carbocycles. The second-order valence-corrected chi connectivity index (χ2v) is 6.76. The Kier molecular flexibility index (Phi) is 4.87. The molecule has 1 saturated heterocycles. The summed E-state index contributed by atoms with van der Waals surface area (Å²) in [7, 11) is 0. The molecule has 1 atom stereocenters. The maximum atomic E-state index is 13.1. The lowest BCUT2D eigenvalue weighted by Gasteiger charge is -2.34. The zero-order valence-electron chi connectivity index (χ0n) is 14.9. The molecule has 1 fully saturated rings. The first kappa shape index (κ1) is 17.3. The van der Waals surface area contributed by atoms with E-state index in [2.05, 4.69) is 15.3 Å². The van der Waals surface area contributed by atoms with Crippen LogP contribution in [-0.4, -0.2) is 39.9 Å². The molecule has 1 unspecified atom stereocenters. The van der Waals surface area contributed by atoms with Crippen molar-refractivity contribution in [2.75, 3.05) is 18.4 Å². The van der Waals surface area contributed by atoms with Crippen molar-refractivity contribution in [1.82, 2.24) is 14.9 Å². The molecule has 0 aliphatic carbocycles. The van der Waals surface area contributed by atoms with Crippen LogP contribution >= 0.6 is 0 Å². The quantitative estimate of drug-likeness (QED) is 0.737. The standard InChI is InChI=1S/C21H21FN4O/c22-17-6-8-18(9-7-17)25-19-5-2-12-26(14-19)21(27)16-4-1-3-15(13-16)20-23-10-11-24-20/h1,3-4,6-11,13,19,25H,2,5,12,14H2,(H,23,24). The van der Waals surface area contributed by atoms with Crippen molar-refractivity contribution in [3.8, 4) is 11.4 Å². The minimum atomic E-state index is -0.252. The molecule has 27 heavy (non-hydrogen) atoms. The second kappa shape index (κ2) is 7.61. The fourth-order valence-corrected chi connectivity index (χ4v) is 3.47. The first-order valence-corrected chi connectivity index (χ1v) is 9.10. The van der Waals surface area contributed by atoms with Gasteiger partial charge in [-0.05, 0) is 49.2 Å². The first-order valence-electron chi connectivity index (χ1n) is 9.10. The Morgan fingerprint density at radius 1 is 1.22 bits per heavy atom. The number of imidazole rings is 1. The molecule has 3 aromatic rings. The molecule has 5 nitrogen and oxygen atoms in total. The van der Waals surface area contributed by atoms with E-state index in [1.807, 2.05) is 29.2 Å². The molecule has 4 rings (SSSR count). The van der Waals surface area contributed by atoms with Crippen LogP contribution < -0.4 is 5.32 Å². The van der Waals surface area contributed by atoms with E-state index in [1.165, 1.54) is 12.1 Å². The van der Waals surface area contributed by atoms with E-state index in [1.54, 1.807) is 24.5 Å². The summed E-state index contributed by atoms with van der Waals surface area (Å²) >= 11 is 0. The minimum absolute atomic E-state index is 0.0222. The summed E-state index contributed by atoms with van der Waals surface area (Å²) in [6, 6.07) is 14.0. The maximum Gasteiger partial charge on any atom is 0.253 e. The van der Waals surface area contributed by atoms with E-state index in [4.69, 9.17) is 0 Å². The average Bonchev–Trinajstić information content (AvgIpc) is 3.24. The Bertz CT molecular complexity index is 908. The Hall–Kier alpha value is -3.15. The van der Waals surface area contributed by atoms with Crippen LogP contribution in [0.3, 0.4) is 0 Å². The van der Waals surface area contributed by atoms with Gasteiger partial charge < -0.3 is 15.2 Å². The highest BCUT2D eigenvalue weighted by atomic mass is 19.1. The van der Waals surface area contributed by atoms with Gasteiger partial charge in [-0.3, -0.25) is 4.79 Å². The average molecular weight is 364 g/mol. The molecule has 0 spiro atoms. The van der Waals surface area contributed by atoms with Crippen molar-refractivity contribution in [3.63, 3.8) is 0 Å². The molecule has 1 aliphatic heterocycles. The van der Waals surface area contributed by atoms with Crippen LogP contribution in [-0.2, 0) is 0 Å². The highest BCUT2D eigenvalue weighted by Gasteiger charge is 2.24. The monoisotopic (exact) mass is 364 g/mol. The fourth-order valence-electron chi connectivity index (χ4n) is 3.47. The van der Waals surface area contributed by atoms with Crippen LogP contribution in [0.15, 0.2) is 60.9 Å². The van der Waals surface area contributed by atoms with E-state index in [0.29, 0.717) is 12.1 Å². The lowest BCUT2D eigenvalue weighted by molar-refractivity contribution is 0.0715. The number of anilines is 1. The number of aromatic nitrogens is 2. The Labute approximate surface area is 157 Å². The number of halogens is 1. The van der Waals surface area contributed by atoms with Gasteiger partial charge in [-0.2, -0.15) is 0 Å². The molecule has 1 aliphatic rings. The highest BCUT2D eigenvalue weighted by Crippen LogP contribution is 2.21. The highest BCUT2D eigenvalue weighted by molar-refractivity contribution is 5.95. The summed E-state index contributed by atoms with van der Waals surface area (Å²) in [6.45, 7) is 1.37. The predicted octanol–water partition coefficient (Wildman–Crippen LogP) is 3.93. The molecule has 2 heterocycles. The molecule has 138 valence electrons. The summed E-state index contributed by atoms with van der Waals surface area (Å²) in [5, 5.41) is 3.40. The summed E-state index contributed by atoms with van der Waals surface area (Å²) in [6.07, 6.45) is 5.37. The van der Waals surface area contributed by atoms with E-state index in [-0.39, 0.29) is 17.8 Å². The summed E-state index contributed by atoms with van der Waals surface area (Å²) in [5.74, 6) is 0.519. The number of nitrogens with one attached hydrogen (secondary N) is 2. The third kappa shape index (κ3) is 4.00. The van der Waals surface area contributed by atoms with Gasteiger partial charge in [-0.15, -0.1) is 0 Å². The molecule has 1 amide bonds. The molecule has 6 heteroatoms. The molecule has 2 N–H and O–H groups in total. The maximum absolute atomic E-state index is 13.1. The van der Waals surface area contributed by atoms with Crippen molar-refractivity contribution < 1.29 is 9.18 Å². The number of H-pyrrole nitrogens is 1. The second-order valence-electron chi connectivity index (χ2n) is 6.76. The number of rotatable bonds is 4. The van der Waals surface area contributed by atoms with Gasteiger partial charge in [0.15, 0.2) is 0 Å². The van der Waals surface area contributed by atoms with Crippen molar-refractivity contribution in [3.05, 3.63) is 72.3 Å². The van der Waals surface area contributed by atoms with Crippen LogP contribution in [0.2, 0.25) is 0 Å².